The maximum absolute atomic E-state index is 6.22. The van der Waals surface area contributed by atoms with E-state index in [0.29, 0.717) is 12.5 Å². The first-order valence-electron chi connectivity index (χ1n) is 11.1. The smallest absolute Gasteiger partial charge is 0.148 e. The Kier molecular flexibility index (Phi) is 6.66. The van der Waals surface area contributed by atoms with Gasteiger partial charge in [-0.2, -0.15) is 0 Å². The summed E-state index contributed by atoms with van der Waals surface area (Å²) >= 11 is 1.62. The third-order valence-corrected chi connectivity index (χ3v) is 6.46. The lowest BCUT2D eigenvalue weighted by Crippen LogP contribution is -2.01. The average molecular weight is 444 g/mol. The highest BCUT2D eigenvalue weighted by atomic mass is 32.1. The zero-order valence-electron chi connectivity index (χ0n) is 19.3. The van der Waals surface area contributed by atoms with Gasteiger partial charge in [-0.1, -0.05) is 62.4 Å². The molecule has 164 valence electrons. The van der Waals surface area contributed by atoms with E-state index in [1.54, 1.807) is 11.3 Å². The van der Waals surface area contributed by atoms with E-state index in [-0.39, 0.29) is 0 Å². The van der Waals surface area contributed by atoms with Crippen molar-refractivity contribution in [3.05, 3.63) is 82.7 Å². The molecule has 0 saturated heterocycles. The molecule has 0 spiro atoms. The molecule has 2 heterocycles. The summed E-state index contributed by atoms with van der Waals surface area (Å²) in [4.78, 5) is 4.65. The van der Waals surface area contributed by atoms with Crippen LogP contribution >= 0.6 is 11.3 Å². The van der Waals surface area contributed by atoms with Crippen molar-refractivity contribution in [2.75, 3.05) is 0 Å². The number of hydrogen-bond donors (Lipinski definition) is 0. The molecule has 0 aliphatic heterocycles. The summed E-state index contributed by atoms with van der Waals surface area (Å²) in [6.45, 7) is 11.2. The Morgan fingerprint density at radius 1 is 0.906 bits per heavy atom. The maximum atomic E-state index is 6.22. The summed E-state index contributed by atoms with van der Waals surface area (Å²) < 4.78 is 6.22. The number of pyridine rings is 1. The summed E-state index contributed by atoms with van der Waals surface area (Å²) in [6.07, 6.45) is 0.895. The monoisotopic (exact) mass is 443 g/mol. The fourth-order valence-electron chi connectivity index (χ4n) is 3.74. The first-order valence-corrected chi connectivity index (χ1v) is 11.9. The first-order chi connectivity index (χ1) is 15.4. The van der Waals surface area contributed by atoms with Crippen LogP contribution in [0.2, 0.25) is 0 Å². The van der Waals surface area contributed by atoms with Crippen molar-refractivity contribution >= 4 is 11.3 Å². The molecule has 2 aromatic carbocycles. The molecule has 32 heavy (non-hydrogen) atoms. The van der Waals surface area contributed by atoms with Gasteiger partial charge in [-0.3, -0.25) is 4.98 Å². The van der Waals surface area contributed by atoms with Crippen LogP contribution in [0.15, 0.2) is 54.6 Å². The third-order valence-electron chi connectivity index (χ3n) is 5.44. The standard InChI is InChI=1S/C27H29N3OS/c1-6-21-14-22(12-18(4)25(21)31-16-20-10-8-7-9-11-20)26-29-30-27(32-26)23-13-19(5)28-24(15-23)17(2)3/h7-15,17H,6,16H2,1-5H3. The first kappa shape index (κ1) is 22.2. The molecule has 4 rings (SSSR count). The van der Waals surface area contributed by atoms with Crippen LogP contribution in [0.5, 0.6) is 5.75 Å². The van der Waals surface area contributed by atoms with Crippen molar-refractivity contribution in [2.24, 2.45) is 0 Å². The van der Waals surface area contributed by atoms with Crippen LogP contribution in [0.4, 0.5) is 0 Å². The predicted molar refractivity (Wildman–Crippen MR) is 132 cm³/mol. The summed E-state index contributed by atoms with van der Waals surface area (Å²) in [5.74, 6) is 1.34. The van der Waals surface area contributed by atoms with Crippen LogP contribution in [-0.2, 0) is 13.0 Å². The van der Waals surface area contributed by atoms with Crippen molar-refractivity contribution in [1.82, 2.24) is 15.2 Å². The number of aromatic nitrogens is 3. The van der Waals surface area contributed by atoms with Gasteiger partial charge in [-0.25, -0.2) is 0 Å². The van der Waals surface area contributed by atoms with Gasteiger partial charge in [-0.15, -0.1) is 10.2 Å². The van der Waals surface area contributed by atoms with Gasteiger partial charge in [-0.05, 0) is 67.1 Å². The molecule has 0 bridgehead atoms. The molecular formula is C27H29N3OS. The molecule has 2 aromatic heterocycles. The summed E-state index contributed by atoms with van der Waals surface area (Å²) in [7, 11) is 0. The largest absolute Gasteiger partial charge is 0.488 e. The summed E-state index contributed by atoms with van der Waals surface area (Å²) in [5.41, 5.74) is 7.74. The van der Waals surface area contributed by atoms with Gasteiger partial charge < -0.3 is 4.74 Å². The zero-order chi connectivity index (χ0) is 22.7. The highest BCUT2D eigenvalue weighted by molar-refractivity contribution is 7.17. The molecular weight excluding hydrogens is 414 g/mol. The minimum absolute atomic E-state index is 0.374. The van der Waals surface area contributed by atoms with Crippen LogP contribution in [0.25, 0.3) is 21.1 Å². The molecule has 5 heteroatoms. The highest BCUT2D eigenvalue weighted by Gasteiger charge is 2.15. The van der Waals surface area contributed by atoms with E-state index >= 15 is 0 Å². The van der Waals surface area contributed by atoms with Gasteiger partial charge in [0, 0.05) is 22.5 Å². The number of hydrogen-bond acceptors (Lipinski definition) is 5. The Hall–Kier alpha value is -3.05. The SMILES string of the molecule is CCc1cc(-c2nnc(-c3cc(C)nc(C(C)C)c3)s2)cc(C)c1OCc1ccccc1. The average Bonchev–Trinajstić information content (AvgIpc) is 3.28. The second-order valence-corrected chi connectivity index (χ2v) is 9.38. The fraction of sp³-hybridized carbons (Fsp3) is 0.296. The molecule has 0 saturated carbocycles. The topological polar surface area (TPSA) is 47.9 Å². The highest BCUT2D eigenvalue weighted by Crippen LogP contribution is 2.35. The third kappa shape index (κ3) is 4.89. The molecule has 0 amide bonds. The van der Waals surface area contributed by atoms with Gasteiger partial charge in [0.05, 0.1) is 0 Å². The van der Waals surface area contributed by atoms with Crippen LogP contribution in [-0.4, -0.2) is 15.2 Å². The molecule has 0 fully saturated rings. The molecule has 4 nitrogen and oxygen atoms in total. The van der Waals surface area contributed by atoms with E-state index in [4.69, 9.17) is 4.74 Å². The second-order valence-electron chi connectivity index (χ2n) is 8.40. The minimum Gasteiger partial charge on any atom is -0.488 e. The summed E-state index contributed by atoms with van der Waals surface area (Å²) in [5, 5.41) is 10.9. The Labute approximate surface area is 194 Å². The Morgan fingerprint density at radius 3 is 2.25 bits per heavy atom. The van der Waals surface area contributed by atoms with Crippen molar-refractivity contribution < 1.29 is 4.74 Å². The minimum atomic E-state index is 0.374. The van der Waals surface area contributed by atoms with E-state index in [9.17, 15) is 0 Å². The summed E-state index contributed by atoms with van der Waals surface area (Å²) in [6, 6.07) is 18.8. The molecule has 4 aromatic rings. The predicted octanol–water partition coefficient (Wildman–Crippen LogP) is 7.15. The van der Waals surface area contributed by atoms with Gasteiger partial charge in [0.25, 0.3) is 0 Å². The lowest BCUT2D eigenvalue weighted by atomic mass is 10.0. The van der Waals surface area contributed by atoms with Gasteiger partial charge in [0.15, 0.2) is 0 Å². The van der Waals surface area contributed by atoms with Gasteiger partial charge in [0.2, 0.25) is 0 Å². The fourth-order valence-corrected chi connectivity index (χ4v) is 4.56. The van der Waals surface area contributed by atoms with Crippen molar-refractivity contribution in [1.29, 1.82) is 0 Å². The van der Waals surface area contributed by atoms with Gasteiger partial charge >= 0.3 is 0 Å². The molecule has 0 aliphatic rings. The number of aryl methyl sites for hydroxylation is 3. The van der Waals surface area contributed by atoms with Crippen LogP contribution in [0.3, 0.4) is 0 Å². The zero-order valence-corrected chi connectivity index (χ0v) is 20.2. The molecule has 0 unspecified atom stereocenters. The maximum Gasteiger partial charge on any atom is 0.148 e. The van der Waals surface area contributed by atoms with E-state index in [1.807, 2.05) is 25.1 Å². The number of rotatable bonds is 7. The van der Waals surface area contributed by atoms with Crippen molar-refractivity contribution in [3.63, 3.8) is 0 Å². The van der Waals surface area contributed by atoms with Crippen LogP contribution in [0, 0.1) is 13.8 Å². The lowest BCUT2D eigenvalue weighted by molar-refractivity contribution is 0.301. The number of nitrogens with zero attached hydrogens (tertiary/aromatic N) is 3. The Balaban J connectivity index is 1.62. The van der Waals surface area contributed by atoms with Crippen molar-refractivity contribution in [3.8, 4) is 26.9 Å². The molecule has 0 radical (unpaired) electrons. The Morgan fingerprint density at radius 2 is 1.59 bits per heavy atom. The van der Waals surface area contributed by atoms with Crippen LogP contribution in [0.1, 0.15) is 54.8 Å². The quantitative estimate of drug-likeness (QED) is 0.304. The lowest BCUT2D eigenvalue weighted by Gasteiger charge is -2.15. The molecule has 0 N–H and O–H groups in total. The number of ether oxygens (including phenoxy) is 1. The number of benzene rings is 2. The normalized spacial score (nSPS) is 11.2. The van der Waals surface area contributed by atoms with E-state index < -0.39 is 0 Å². The second kappa shape index (κ2) is 9.61. The van der Waals surface area contributed by atoms with E-state index in [0.717, 1.165) is 50.3 Å². The van der Waals surface area contributed by atoms with Crippen molar-refractivity contribution in [2.45, 2.75) is 53.6 Å². The Bertz CT molecular complexity index is 1220. The van der Waals surface area contributed by atoms with E-state index in [2.05, 4.69) is 79.3 Å². The molecule has 0 aliphatic carbocycles. The van der Waals surface area contributed by atoms with Gasteiger partial charge in [0.1, 0.15) is 22.4 Å². The molecule has 0 atom stereocenters. The van der Waals surface area contributed by atoms with Crippen LogP contribution < -0.4 is 4.74 Å². The van der Waals surface area contributed by atoms with E-state index in [1.165, 1.54) is 11.1 Å².